The molecule has 2 bridgehead atoms. The minimum atomic E-state index is 0.971. The molecule has 2 aliphatic heterocycles. The van der Waals surface area contributed by atoms with E-state index in [0.717, 1.165) is 11.8 Å². The van der Waals surface area contributed by atoms with Crippen molar-refractivity contribution >= 4 is 0 Å². The maximum absolute atomic E-state index is 2.64. The van der Waals surface area contributed by atoms with Crippen molar-refractivity contribution in [2.45, 2.75) is 26.2 Å². The summed E-state index contributed by atoms with van der Waals surface area (Å²) in [6, 6.07) is 0. The predicted octanol–water partition coefficient (Wildman–Crippen LogP) is 1.74. The van der Waals surface area contributed by atoms with Crippen LogP contribution in [0, 0.1) is 11.8 Å². The van der Waals surface area contributed by atoms with Crippen LogP contribution in [-0.4, -0.2) is 24.5 Å². The molecule has 0 saturated carbocycles. The summed E-state index contributed by atoms with van der Waals surface area (Å²) in [5.74, 6) is 2.02. The number of hydrogen-bond acceptors (Lipinski definition) is 1. The first-order valence-corrected chi connectivity index (χ1v) is 4.57. The molecular formula is C9H17N. The fraction of sp³-hybridized carbons (Fsp3) is 1.00. The van der Waals surface area contributed by atoms with E-state index in [2.05, 4.69) is 11.8 Å². The SMILES string of the molecule is CC1CC2CCCN(C1)C2. The molecular weight excluding hydrogens is 122 g/mol. The van der Waals surface area contributed by atoms with Gasteiger partial charge in [0.15, 0.2) is 0 Å². The molecule has 0 aliphatic carbocycles. The molecule has 58 valence electrons. The molecule has 2 rings (SSSR count). The Balaban J connectivity index is 1.98. The zero-order valence-corrected chi connectivity index (χ0v) is 6.84. The van der Waals surface area contributed by atoms with Gasteiger partial charge in [-0.25, -0.2) is 0 Å². The Morgan fingerprint density at radius 3 is 3.00 bits per heavy atom. The normalized spacial score (nSPS) is 47.1. The lowest BCUT2D eigenvalue weighted by molar-refractivity contribution is 0.0892. The quantitative estimate of drug-likeness (QED) is 0.494. The van der Waals surface area contributed by atoms with Crippen LogP contribution in [0.4, 0.5) is 0 Å². The van der Waals surface area contributed by atoms with Crippen LogP contribution in [0.15, 0.2) is 0 Å². The van der Waals surface area contributed by atoms with Crippen molar-refractivity contribution in [3.8, 4) is 0 Å². The Morgan fingerprint density at radius 1 is 1.30 bits per heavy atom. The van der Waals surface area contributed by atoms with Crippen LogP contribution in [0.1, 0.15) is 26.2 Å². The standard InChI is InChI=1S/C9H17N/c1-8-5-9-3-2-4-10(6-8)7-9/h8-9H,2-7H2,1H3. The molecule has 10 heavy (non-hydrogen) atoms. The lowest BCUT2D eigenvalue weighted by atomic mass is 9.84. The summed E-state index contributed by atoms with van der Waals surface area (Å²) < 4.78 is 0. The minimum Gasteiger partial charge on any atom is -0.303 e. The Hall–Kier alpha value is -0.0400. The molecule has 0 radical (unpaired) electrons. The summed E-state index contributed by atoms with van der Waals surface area (Å²) in [6.07, 6.45) is 4.45. The second kappa shape index (κ2) is 2.54. The molecule has 0 aromatic rings. The van der Waals surface area contributed by atoms with E-state index in [4.69, 9.17) is 0 Å². The van der Waals surface area contributed by atoms with Crippen LogP contribution < -0.4 is 0 Å². The van der Waals surface area contributed by atoms with Gasteiger partial charge in [0.25, 0.3) is 0 Å². The third-order valence-electron chi connectivity index (χ3n) is 2.91. The Labute approximate surface area is 63.4 Å². The van der Waals surface area contributed by atoms with Gasteiger partial charge in [-0.1, -0.05) is 6.92 Å². The summed E-state index contributed by atoms with van der Waals surface area (Å²) in [4.78, 5) is 2.64. The number of piperidine rings is 2. The second-order valence-corrected chi connectivity index (χ2v) is 4.11. The number of fused-ring (bicyclic) bond motifs is 2. The molecule has 1 nitrogen and oxygen atoms in total. The van der Waals surface area contributed by atoms with Gasteiger partial charge < -0.3 is 4.90 Å². The first-order valence-electron chi connectivity index (χ1n) is 4.57. The first-order chi connectivity index (χ1) is 4.84. The van der Waals surface area contributed by atoms with Crippen LogP contribution in [0.3, 0.4) is 0 Å². The number of nitrogens with zero attached hydrogens (tertiary/aromatic N) is 1. The van der Waals surface area contributed by atoms with E-state index in [0.29, 0.717) is 0 Å². The molecule has 2 heterocycles. The van der Waals surface area contributed by atoms with Gasteiger partial charge in [-0.3, -0.25) is 0 Å². The van der Waals surface area contributed by atoms with Crippen molar-refractivity contribution in [3.63, 3.8) is 0 Å². The molecule has 3 atom stereocenters. The Kier molecular flexibility index (Phi) is 1.69. The predicted molar refractivity (Wildman–Crippen MR) is 42.9 cm³/mol. The number of rotatable bonds is 0. The van der Waals surface area contributed by atoms with Crippen LogP contribution in [0.2, 0.25) is 0 Å². The third-order valence-corrected chi connectivity index (χ3v) is 2.91. The van der Waals surface area contributed by atoms with E-state index in [1.54, 1.807) is 0 Å². The molecule has 0 N–H and O–H groups in total. The van der Waals surface area contributed by atoms with Crippen molar-refractivity contribution in [3.05, 3.63) is 0 Å². The van der Waals surface area contributed by atoms with Crippen LogP contribution in [0.25, 0.3) is 0 Å². The molecule has 0 amide bonds. The van der Waals surface area contributed by atoms with Crippen molar-refractivity contribution in [1.29, 1.82) is 0 Å². The highest BCUT2D eigenvalue weighted by Crippen LogP contribution is 2.28. The maximum Gasteiger partial charge on any atom is 0.000989 e. The summed E-state index contributed by atoms with van der Waals surface area (Å²) in [7, 11) is 0. The zero-order valence-electron chi connectivity index (χ0n) is 6.84. The van der Waals surface area contributed by atoms with Crippen molar-refractivity contribution in [2.75, 3.05) is 19.6 Å². The summed E-state index contributed by atoms with van der Waals surface area (Å²) in [5.41, 5.74) is 0. The molecule has 2 aliphatic rings. The van der Waals surface area contributed by atoms with Gasteiger partial charge in [0.1, 0.15) is 0 Å². The Bertz CT molecular complexity index is 106. The minimum absolute atomic E-state index is 0.971. The molecule has 0 aromatic heterocycles. The van der Waals surface area contributed by atoms with E-state index in [1.807, 2.05) is 0 Å². The van der Waals surface area contributed by atoms with Gasteiger partial charge in [-0.15, -0.1) is 0 Å². The van der Waals surface area contributed by atoms with Gasteiger partial charge in [0.05, 0.1) is 0 Å². The third kappa shape index (κ3) is 1.20. The van der Waals surface area contributed by atoms with Crippen molar-refractivity contribution < 1.29 is 0 Å². The molecule has 2 saturated heterocycles. The van der Waals surface area contributed by atoms with Gasteiger partial charge in [-0.2, -0.15) is 0 Å². The maximum atomic E-state index is 2.64. The highest BCUT2D eigenvalue weighted by atomic mass is 15.1. The lowest BCUT2D eigenvalue weighted by Gasteiger charge is -2.40. The summed E-state index contributed by atoms with van der Waals surface area (Å²) in [6.45, 7) is 6.55. The summed E-state index contributed by atoms with van der Waals surface area (Å²) in [5, 5.41) is 0. The van der Waals surface area contributed by atoms with E-state index < -0.39 is 0 Å². The molecule has 1 heteroatoms. The fourth-order valence-electron chi connectivity index (χ4n) is 2.59. The molecule has 0 aromatic carbocycles. The largest absolute Gasteiger partial charge is 0.303 e. The smallest absolute Gasteiger partial charge is 0.000989 e. The van der Waals surface area contributed by atoms with Gasteiger partial charge >= 0.3 is 0 Å². The van der Waals surface area contributed by atoms with Crippen LogP contribution >= 0.6 is 0 Å². The van der Waals surface area contributed by atoms with E-state index in [1.165, 1.54) is 38.9 Å². The Morgan fingerprint density at radius 2 is 2.20 bits per heavy atom. The fourth-order valence-corrected chi connectivity index (χ4v) is 2.59. The van der Waals surface area contributed by atoms with Gasteiger partial charge in [-0.05, 0) is 37.6 Å². The highest BCUT2D eigenvalue weighted by molar-refractivity contribution is 4.80. The van der Waals surface area contributed by atoms with E-state index >= 15 is 0 Å². The topological polar surface area (TPSA) is 3.24 Å². The average molecular weight is 139 g/mol. The van der Waals surface area contributed by atoms with Crippen molar-refractivity contribution in [1.82, 2.24) is 4.90 Å². The van der Waals surface area contributed by atoms with Gasteiger partial charge in [0, 0.05) is 13.1 Å². The summed E-state index contributed by atoms with van der Waals surface area (Å²) >= 11 is 0. The molecule has 3 unspecified atom stereocenters. The van der Waals surface area contributed by atoms with E-state index in [9.17, 15) is 0 Å². The monoisotopic (exact) mass is 139 g/mol. The first kappa shape index (κ1) is 6.66. The lowest BCUT2D eigenvalue weighted by Crippen LogP contribution is -2.43. The van der Waals surface area contributed by atoms with E-state index in [-0.39, 0.29) is 0 Å². The molecule has 0 spiro atoms. The second-order valence-electron chi connectivity index (χ2n) is 4.11. The van der Waals surface area contributed by atoms with Crippen LogP contribution in [0.5, 0.6) is 0 Å². The number of hydrogen-bond donors (Lipinski definition) is 0. The van der Waals surface area contributed by atoms with Gasteiger partial charge in [0.2, 0.25) is 0 Å². The zero-order chi connectivity index (χ0) is 6.97. The highest BCUT2D eigenvalue weighted by Gasteiger charge is 2.27. The van der Waals surface area contributed by atoms with Crippen LogP contribution in [-0.2, 0) is 0 Å². The van der Waals surface area contributed by atoms with Crippen molar-refractivity contribution in [2.24, 2.45) is 11.8 Å². The molecule has 2 fully saturated rings. The average Bonchev–Trinajstić information content (AvgIpc) is 1.85.